The van der Waals surface area contributed by atoms with Gasteiger partial charge in [-0.15, -0.1) is 0 Å². The van der Waals surface area contributed by atoms with Gasteiger partial charge in [-0.2, -0.15) is 0 Å². The first-order valence-corrected chi connectivity index (χ1v) is 8.25. The Morgan fingerprint density at radius 3 is 2.42 bits per heavy atom. The van der Waals surface area contributed by atoms with Crippen LogP contribution in [0.1, 0.15) is 42.4 Å². The molecule has 0 atom stereocenters. The normalized spacial score (nSPS) is 17.0. The number of benzene rings is 1. The minimum absolute atomic E-state index is 0.0898. The van der Waals surface area contributed by atoms with Crippen LogP contribution in [-0.4, -0.2) is 14.5 Å². The summed E-state index contributed by atoms with van der Waals surface area (Å²) in [5.41, 5.74) is 8.37. The summed E-state index contributed by atoms with van der Waals surface area (Å²) >= 11 is 0. The fourth-order valence-electron chi connectivity index (χ4n) is 2.71. The second-order valence-corrected chi connectivity index (χ2v) is 7.03. The van der Waals surface area contributed by atoms with Gasteiger partial charge in [0.25, 0.3) is 0 Å². The molecule has 1 aromatic rings. The maximum atomic E-state index is 12.4. The maximum absolute atomic E-state index is 12.4. The van der Waals surface area contributed by atoms with Crippen LogP contribution < -0.4 is 10.5 Å². The molecular formula is C14H22N2O2S. The van der Waals surface area contributed by atoms with Gasteiger partial charge in [0.1, 0.15) is 0 Å². The van der Waals surface area contributed by atoms with E-state index in [2.05, 4.69) is 4.72 Å². The van der Waals surface area contributed by atoms with E-state index in [9.17, 15) is 8.42 Å². The highest BCUT2D eigenvalue weighted by molar-refractivity contribution is 7.89. The summed E-state index contributed by atoms with van der Waals surface area (Å²) in [7, 11) is -3.43. The van der Waals surface area contributed by atoms with Crippen molar-refractivity contribution in [1.82, 2.24) is 4.72 Å². The molecule has 0 aromatic heterocycles. The SMILES string of the molecule is Cc1cc(C)c(S(=O)(=O)NC2CCCC2)cc1CN. The van der Waals surface area contributed by atoms with Crippen LogP contribution in [0.3, 0.4) is 0 Å². The van der Waals surface area contributed by atoms with Crippen LogP contribution >= 0.6 is 0 Å². The van der Waals surface area contributed by atoms with Gasteiger partial charge in [-0.3, -0.25) is 0 Å². The molecule has 5 heteroatoms. The Kier molecular flexibility index (Phi) is 4.28. The second kappa shape index (κ2) is 5.61. The first-order valence-electron chi connectivity index (χ1n) is 6.76. The molecule has 19 heavy (non-hydrogen) atoms. The molecule has 4 nitrogen and oxygen atoms in total. The molecule has 0 radical (unpaired) electrons. The van der Waals surface area contributed by atoms with Gasteiger partial charge in [0, 0.05) is 12.6 Å². The molecule has 0 saturated heterocycles. The Labute approximate surface area is 115 Å². The zero-order valence-electron chi connectivity index (χ0n) is 11.6. The molecule has 1 aliphatic rings. The molecule has 1 aromatic carbocycles. The molecule has 2 rings (SSSR count). The van der Waals surface area contributed by atoms with Crippen molar-refractivity contribution >= 4 is 10.0 Å². The summed E-state index contributed by atoms with van der Waals surface area (Å²) in [6, 6.07) is 3.69. The lowest BCUT2D eigenvalue weighted by Crippen LogP contribution is -2.33. The Morgan fingerprint density at radius 1 is 1.21 bits per heavy atom. The molecule has 1 fully saturated rings. The lowest BCUT2D eigenvalue weighted by molar-refractivity contribution is 0.551. The van der Waals surface area contributed by atoms with E-state index in [0.717, 1.165) is 42.4 Å². The minimum atomic E-state index is -3.43. The van der Waals surface area contributed by atoms with Crippen LogP contribution in [0.25, 0.3) is 0 Å². The number of rotatable bonds is 4. The fourth-order valence-corrected chi connectivity index (χ4v) is 4.29. The molecule has 1 aliphatic carbocycles. The van der Waals surface area contributed by atoms with Gasteiger partial charge in [-0.05, 0) is 49.4 Å². The third-order valence-corrected chi connectivity index (χ3v) is 5.48. The molecule has 1 saturated carbocycles. The lowest BCUT2D eigenvalue weighted by atomic mass is 10.1. The molecule has 0 unspecified atom stereocenters. The van der Waals surface area contributed by atoms with Gasteiger partial charge in [0.2, 0.25) is 10.0 Å². The smallest absolute Gasteiger partial charge is 0.241 e. The molecule has 106 valence electrons. The molecule has 0 spiro atoms. The number of nitrogens with one attached hydrogen (secondary N) is 1. The highest BCUT2D eigenvalue weighted by Crippen LogP contribution is 2.24. The Morgan fingerprint density at radius 2 is 1.84 bits per heavy atom. The van der Waals surface area contributed by atoms with Crippen molar-refractivity contribution in [3.63, 3.8) is 0 Å². The van der Waals surface area contributed by atoms with Crippen LogP contribution in [0.2, 0.25) is 0 Å². The van der Waals surface area contributed by atoms with E-state index < -0.39 is 10.0 Å². The highest BCUT2D eigenvalue weighted by Gasteiger charge is 2.24. The molecule has 0 heterocycles. The van der Waals surface area contributed by atoms with Crippen LogP contribution in [-0.2, 0) is 16.6 Å². The van der Waals surface area contributed by atoms with E-state index in [1.54, 1.807) is 6.07 Å². The highest BCUT2D eigenvalue weighted by atomic mass is 32.2. The standard InChI is InChI=1S/C14H22N2O2S/c1-10-7-11(2)14(8-12(10)9-15)19(17,18)16-13-5-3-4-6-13/h7-8,13,16H,3-6,9,15H2,1-2H3. The average molecular weight is 282 g/mol. The molecular weight excluding hydrogens is 260 g/mol. The van der Waals surface area contributed by atoms with Gasteiger partial charge in [0.15, 0.2) is 0 Å². The topological polar surface area (TPSA) is 72.2 Å². The zero-order chi connectivity index (χ0) is 14.0. The number of sulfonamides is 1. The summed E-state index contributed by atoms with van der Waals surface area (Å²) in [6.45, 7) is 4.14. The molecule has 0 amide bonds. The average Bonchev–Trinajstić information content (AvgIpc) is 2.80. The quantitative estimate of drug-likeness (QED) is 0.887. The van der Waals surface area contributed by atoms with Crippen LogP contribution in [0, 0.1) is 13.8 Å². The Balaban J connectivity index is 2.33. The summed E-state index contributed by atoms with van der Waals surface area (Å²) in [5.74, 6) is 0. The van der Waals surface area contributed by atoms with Crippen LogP contribution in [0.5, 0.6) is 0 Å². The molecule has 0 aliphatic heterocycles. The maximum Gasteiger partial charge on any atom is 0.241 e. The Hall–Kier alpha value is -0.910. The number of nitrogens with two attached hydrogens (primary N) is 1. The minimum Gasteiger partial charge on any atom is -0.326 e. The molecule has 3 N–H and O–H groups in total. The number of hydrogen-bond donors (Lipinski definition) is 2. The largest absolute Gasteiger partial charge is 0.326 e. The fraction of sp³-hybridized carbons (Fsp3) is 0.571. The van der Waals surface area contributed by atoms with Crippen molar-refractivity contribution in [2.24, 2.45) is 5.73 Å². The van der Waals surface area contributed by atoms with Crippen molar-refractivity contribution in [3.05, 3.63) is 28.8 Å². The van der Waals surface area contributed by atoms with E-state index >= 15 is 0 Å². The summed E-state index contributed by atoms with van der Waals surface area (Å²) < 4.78 is 27.7. The zero-order valence-corrected chi connectivity index (χ0v) is 12.4. The van der Waals surface area contributed by atoms with Gasteiger partial charge in [0.05, 0.1) is 4.90 Å². The number of hydrogen-bond acceptors (Lipinski definition) is 3. The van der Waals surface area contributed by atoms with Gasteiger partial charge >= 0.3 is 0 Å². The summed E-state index contributed by atoms with van der Waals surface area (Å²) in [5, 5.41) is 0. The van der Waals surface area contributed by atoms with E-state index in [0.29, 0.717) is 11.4 Å². The summed E-state index contributed by atoms with van der Waals surface area (Å²) in [6.07, 6.45) is 4.09. The lowest BCUT2D eigenvalue weighted by Gasteiger charge is -2.16. The summed E-state index contributed by atoms with van der Waals surface area (Å²) in [4.78, 5) is 0.366. The van der Waals surface area contributed by atoms with Crippen molar-refractivity contribution in [3.8, 4) is 0 Å². The van der Waals surface area contributed by atoms with Crippen molar-refractivity contribution in [1.29, 1.82) is 0 Å². The monoisotopic (exact) mass is 282 g/mol. The Bertz CT molecular complexity index is 561. The van der Waals surface area contributed by atoms with E-state index in [-0.39, 0.29) is 6.04 Å². The van der Waals surface area contributed by atoms with Gasteiger partial charge in [-0.25, -0.2) is 13.1 Å². The van der Waals surface area contributed by atoms with E-state index in [1.807, 2.05) is 19.9 Å². The van der Waals surface area contributed by atoms with E-state index in [4.69, 9.17) is 5.73 Å². The van der Waals surface area contributed by atoms with Crippen molar-refractivity contribution in [2.45, 2.75) is 57.0 Å². The van der Waals surface area contributed by atoms with Crippen molar-refractivity contribution in [2.75, 3.05) is 0 Å². The van der Waals surface area contributed by atoms with Gasteiger partial charge in [-0.1, -0.05) is 18.9 Å². The van der Waals surface area contributed by atoms with Crippen LogP contribution in [0.15, 0.2) is 17.0 Å². The number of aryl methyl sites for hydroxylation is 2. The first kappa shape index (κ1) is 14.5. The van der Waals surface area contributed by atoms with Crippen LogP contribution in [0.4, 0.5) is 0 Å². The van der Waals surface area contributed by atoms with E-state index in [1.165, 1.54) is 0 Å². The third kappa shape index (κ3) is 3.16. The predicted octanol–water partition coefficient (Wildman–Crippen LogP) is 1.98. The second-order valence-electron chi connectivity index (χ2n) is 5.35. The predicted molar refractivity (Wildman–Crippen MR) is 76.4 cm³/mol. The first-order chi connectivity index (χ1) is 8.94. The third-order valence-electron chi connectivity index (χ3n) is 3.82. The van der Waals surface area contributed by atoms with Gasteiger partial charge < -0.3 is 5.73 Å². The van der Waals surface area contributed by atoms with Crippen molar-refractivity contribution < 1.29 is 8.42 Å². The molecule has 0 bridgehead atoms.